The largest absolute Gasteiger partial charge is 0.396 e. The van der Waals surface area contributed by atoms with E-state index in [1.54, 1.807) is 0 Å². The second-order valence-corrected chi connectivity index (χ2v) is 5.78. The van der Waals surface area contributed by atoms with E-state index >= 15 is 0 Å². The Morgan fingerprint density at radius 1 is 1.25 bits per heavy atom. The molecule has 3 nitrogen and oxygen atoms in total. The molecule has 20 heavy (non-hydrogen) atoms. The van der Waals surface area contributed by atoms with Crippen molar-refractivity contribution in [1.29, 1.82) is 0 Å². The van der Waals surface area contributed by atoms with Crippen molar-refractivity contribution in [3.05, 3.63) is 12.2 Å². The first-order valence-electron chi connectivity index (χ1n) is 7.06. The van der Waals surface area contributed by atoms with Crippen LogP contribution in [-0.2, 0) is 4.79 Å². The minimum absolute atomic E-state index is 0.0302. The number of aliphatic hydroxyl groups excluding tert-OH is 1. The molecule has 6 heteroatoms. The topological polar surface area (TPSA) is 49.3 Å². The van der Waals surface area contributed by atoms with Crippen molar-refractivity contribution in [2.45, 2.75) is 44.3 Å². The summed E-state index contributed by atoms with van der Waals surface area (Å²) in [5.74, 6) is -2.14. The Hall–Kier alpha value is -1.04. The predicted octanol–water partition coefficient (Wildman–Crippen LogP) is 2.41. The molecule has 2 aliphatic rings. The Balaban J connectivity index is 1.85. The number of aliphatic hydroxyl groups is 1. The molecule has 114 valence electrons. The lowest BCUT2D eigenvalue weighted by molar-refractivity contribution is -0.186. The summed E-state index contributed by atoms with van der Waals surface area (Å²) in [7, 11) is 0. The van der Waals surface area contributed by atoms with Crippen molar-refractivity contribution in [1.82, 2.24) is 5.32 Å². The Morgan fingerprint density at radius 2 is 2.00 bits per heavy atom. The fraction of sp³-hybridized carbons (Fsp3) is 0.786. The highest BCUT2D eigenvalue weighted by Gasteiger charge is 2.43. The molecule has 0 heterocycles. The minimum atomic E-state index is -4.20. The van der Waals surface area contributed by atoms with Crippen LogP contribution in [0.15, 0.2) is 12.2 Å². The van der Waals surface area contributed by atoms with E-state index in [0.717, 1.165) is 0 Å². The maximum absolute atomic E-state index is 12.7. The lowest BCUT2D eigenvalue weighted by Crippen LogP contribution is -2.41. The van der Waals surface area contributed by atoms with Crippen molar-refractivity contribution in [2.75, 3.05) is 6.61 Å². The quantitative estimate of drug-likeness (QED) is 0.785. The lowest BCUT2D eigenvalue weighted by atomic mass is 9.80. The number of carbonyl (C=O) groups excluding carboxylic acids is 1. The summed E-state index contributed by atoms with van der Waals surface area (Å²) in [6, 6.07) is -0.161. The van der Waals surface area contributed by atoms with Gasteiger partial charge in [-0.15, -0.1) is 0 Å². The van der Waals surface area contributed by atoms with Gasteiger partial charge in [-0.3, -0.25) is 4.79 Å². The van der Waals surface area contributed by atoms with E-state index in [2.05, 4.69) is 5.32 Å². The first kappa shape index (κ1) is 15.4. The molecular weight excluding hydrogens is 271 g/mol. The van der Waals surface area contributed by atoms with Crippen molar-refractivity contribution in [2.24, 2.45) is 17.8 Å². The van der Waals surface area contributed by atoms with E-state index in [0.29, 0.717) is 19.3 Å². The van der Waals surface area contributed by atoms with Crippen LogP contribution in [0, 0.1) is 17.8 Å². The number of rotatable bonds is 3. The monoisotopic (exact) mass is 291 g/mol. The van der Waals surface area contributed by atoms with E-state index in [1.165, 1.54) is 0 Å². The van der Waals surface area contributed by atoms with Gasteiger partial charge in [0.1, 0.15) is 0 Å². The van der Waals surface area contributed by atoms with Gasteiger partial charge in [0, 0.05) is 24.5 Å². The molecule has 2 rings (SSSR count). The minimum Gasteiger partial charge on any atom is -0.396 e. The number of hydrogen-bond acceptors (Lipinski definition) is 2. The number of nitrogens with one attached hydrogen (secondary N) is 1. The number of halogens is 3. The third-order valence-electron chi connectivity index (χ3n) is 4.24. The molecule has 2 N–H and O–H groups in total. The summed E-state index contributed by atoms with van der Waals surface area (Å²) in [5.41, 5.74) is 0. The summed E-state index contributed by atoms with van der Waals surface area (Å²) in [5, 5.41) is 11.8. The molecule has 1 fully saturated rings. The SMILES string of the molecule is O=C(N[C@@H]1C=C[C@H](CO)C1)C1CCCC(C(F)(F)F)C1. The first-order valence-corrected chi connectivity index (χ1v) is 7.06. The molecule has 2 unspecified atom stereocenters. The molecule has 0 aromatic rings. The lowest BCUT2D eigenvalue weighted by Gasteiger charge is -2.30. The second-order valence-electron chi connectivity index (χ2n) is 5.78. The zero-order chi connectivity index (χ0) is 14.8. The molecule has 4 atom stereocenters. The van der Waals surface area contributed by atoms with Crippen LogP contribution in [0.3, 0.4) is 0 Å². The van der Waals surface area contributed by atoms with Gasteiger partial charge in [-0.05, 0) is 25.7 Å². The third-order valence-corrected chi connectivity index (χ3v) is 4.24. The summed E-state index contributed by atoms with van der Waals surface area (Å²) < 4.78 is 38.1. The summed E-state index contributed by atoms with van der Waals surface area (Å²) in [6.45, 7) is 0.0302. The average Bonchev–Trinajstić information content (AvgIpc) is 2.85. The van der Waals surface area contributed by atoms with Crippen LogP contribution in [0.2, 0.25) is 0 Å². The van der Waals surface area contributed by atoms with Crippen LogP contribution < -0.4 is 5.32 Å². The molecule has 1 saturated carbocycles. The van der Waals surface area contributed by atoms with Gasteiger partial charge in [-0.1, -0.05) is 18.6 Å². The van der Waals surface area contributed by atoms with E-state index < -0.39 is 18.0 Å². The average molecular weight is 291 g/mol. The van der Waals surface area contributed by atoms with E-state index in [4.69, 9.17) is 5.11 Å². The van der Waals surface area contributed by atoms with Crippen LogP contribution in [0.5, 0.6) is 0 Å². The highest BCUT2D eigenvalue weighted by atomic mass is 19.4. The zero-order valence-corrected chi connectivity index (χ0v) is 11.2. The molecule has 0 radical (unpaired) electrons. The third kappa shape index (κ3) is 3.75. The highest BCUT2D eigenvalue weighted by molar-refractivity contribution is 5.79. The molecule has 0 aliphatic heterocycles. The zero-order valence-electron chi connectivity index (χ0n) is 11.2. The van der Waals surface area contributed by atoms with Crippen LogP contribution in [0.1, 0.15) is 32.1 Å². The van der Waals surface area contributed by atoms with Crippen molar-refractivity contribution in [3.8, 4) is 0 Å². The Morgan fingerprint density at radius 3 is 2.60 bits per heavy atom. The van der Waals surface area contributed by atoms with Gasteiger partial charge < -0.3 is 10.4 Å². The van der Waals surface area contributed by atoms with Crippen molar-refractivity contribution in [3.63, 3.8) is 0 Å². The fourth-order valence-electron chi connectivity index (χ4n) is 3.04. The molecule has 0 spiro atoms. The number of alkyl halides is 3. The van der Waals surface area contributed by atoms with Gasteiger partial charge in [0.15, 0.2) is 0 Å². The van der Waals surface area contributed by atoms with Crippen LogP contribution >= 0.6 is 0 Å². The number of amides is 1. The summed E-state index contributed by atoms with van der Waals surface area (Å²) in [6.07, 6.45) is 1.07. The first-order chi connectivity index (χ1) is 9.40. The second kappa shape index (κ2) is 6.16. The summed E-state index contributed by atoms with van der Waals surface area (Å²) in [4.78, 5) is 12.0. The van der Waals surface area contributed by atoms with Crippen molar-refractivity contribution < 1.29 is 23.1 Å². The molecule has 2 aliphatic carbocycles. The molecule has 0 saturated heterocycles. The predicted molar refractivity (Wildman–Crippen MR) is 67.8 cm³/mol. The summed E-state index contributed by atoms with van der Waals surface area (Å²) >= 11 is 0. The molecule has 1 amide bonds. The van der Waals surface area contributed by atoms with Gasteiger partial charge in [-0.2, -0.15) is 13.2 Å². The Kier molecular flexibility index (Phi) is 4.73. The van der Waals surface area contributed by atoms with E-state index in [-0.39, 0.29) is 37.3 Å². The van der Waals surface area contributed by atoms with Gasteiger partial charge in [0.2, 0.25) is 5.91 Å². The van der Waals surface area contributed by atoms with Gasteiger partial charge in [0.05, 0.1) is 5.92 Å². The molecule has 0 bridgehead atoms. The molecular formula is C14H20F3NO2. The van der Waals surface area contributed by atoms with Gasteiger partial charge in [0.25, 0.3) is 0 Å². The van der Waals surface area contributed by atoms with E-state index in [9.17, 15) is 18.0 Å². The van der Waals surface area contributed by atoms with E-state index in [1.807, 2.05) is 12.2 Å². The maximum Gasteiger partial charge on any atom is 0.391 e. The fourth-order valence-corrected chi connectivity index (χ4v) is 3.04. The van der Waals surface area contributed by atoms with Crippen LogP contribution in [0.4, 0.5) is 13.2 Å². The highest BCUT2D eigenvalue weighted by Crippen LogP contribution is 2.40. The normalized spacial score (nSPS) is 34.2. The van der Waals surface area contributed by atoms with Gasteiger partial charge >= 0.3 is 6.18 Å². The standard InChI is InChI=1S/C14H20F3NO2/c15-14(16,17)11-3-1-2-10(7-11)13(20)18-12-5-4-9(6-12)8-19/h4-5,9-12,19H,1-3,6-8H2,(H,18,20)/t9-,10?,11?,12+/m0/s1. The van der Waals surface area contributed by atoms with Gasteiger partial charge in [-0.25, -0.2) is 0 Å². The molecule has 0 aromatic carbocycles. The Bertz CT molecular complexity index is 381. The number of hydrogen-bond donors (Lipinski definition) is 2. The number of carbonyl (C=O) groups is 1. The van der Waals surface area contributed by atoms with Crippen molar-refractivity contribution >= 4 is 5.91 Å². The smallest absolute Gasteiger partial charge is 0.391 e. The Labute approximate surface area is 116 Å². The van der Waals surface area contributed by atoms with Crippen LogP contribution in [-0.4, -0.2) is 29.8 Å². The molecule has 0 aromatic heterocycles. The van der Waals surface area contributed by atoms with Crippen LogP contribution in [0.25, 0.3) is 0 Å². The maximum atomic E-state index is 12.7.